The highest BCUT2D eigenvalue weighted by molar-refractivity contribution is 9.10. The SMILES string of the molecule is CCOC(=O)[C@H](C)Oc1ccc([N+](=O)[O-])cc1C=Nn1c(C(C)C)nc2ccc(Br)cc2c1=O. The molecule has 1 aromatic heterocycles. The Morgan fingerprint density at radius 1 is 1.26 bits per heavy atom. The van der Waals surface area contributed by atoms with Gasteiger partial charge < -0.3 is 9.47 Å². The number of ether oxygens (including phenoxy) is 2. The summed E-state index contributed by atoms with van der Waals surface area (Å²) < 4.78 is 12.5. The van der Waals surface area contributed by atoms with Crippen molar-refractivity contribution >= 4 is 44.7 Å². The zero-order valence-electron chi connectivity index (χ0n) is 19.0. The van der Waals surface area contributed by atoms with Crippen molar-refractivity contribution in [2.75, 3.05) is 6.61 Å². The Labute approximate surface area is 203 Å². The Balaban J connectivity index is 2.12. The van der Waals surface area contributed by atoms with Gasteiger partial charge in [0, 0.05) is 28.1 Å². The van der Waals surface area contributed by atoms with Gasteiger partial charge in [-0.25, -0.2) is 9.78 Å². The molecule has 0 spiro atoms. The van der Waals surface area contributed by atoms with E-state index in [2.05, 4.69) is 26.0 Å². The molecular weight excluding hydrogens is 508 g/mol. The maximum Gasteiger partial charge on any atom is 0.347 e. The van der Waals surface area contributed by atoms with Crippen molar-refractivity contribution in [3.8, 4) is 5.75 Å². The first-order chi connectivity index (χ1) is 16.1. The van der Waals surface area contributed by atoms with Gasteiger partial charge in [-0.2, -0.15) is 9.78 Å². The fourth-order valence-electron chi connectivity index (χ4n) is 3.13. The molecule has 0 N–H and O–H groups in total. The Kier molecular flexibility index (Phi) is 7.77. The number of nitro benzene ring substituents is 1. The van der Waals surface area contributed by atoms with Crippen molar-refractivity contribution in [3.63, 3.8) is 0 Å². The van der Waals surface area contributed by atoms with Gasteiger partial charge in [-0.3, -0.25) is 14.9 Å². The van der Waals surface area contributed by atoms with Crippen LogP contribution in [0.15, 0.2) is 50.8 Å². The minimum absolute atomic E-state index is 0.137. The average Bonchev–Trinajstić information content (AvgIpc) is 2.79. The van der Waals surface area contributed by atoms with E-state index >= 15 is 0 Å². The summed E-state index contributed by atoms with van der Waals surface area (Å²) in [5.74, 6) is -0.122. The number of nitrogens with zero attached hydrogens (tertiary/aromatic N) is 4. The topological polar surface area (TPSA) is 126 Å². The third-order valence-corrected chi connectivity index (χ3v) is 5.28. The summed E-state index contributed by atoms with van der Waals surface area (Å²) in [6, 6.07) is 9.07. The number of fused-ring (bicyclic) bond motifs is 1. The second kappa shape index (κ2) is 10.6. The molecule has 0 aliphatic rings. The number of hydrogen-bond acceptors (Lipinski definition) is 8. The summed E-state index contributed by atoms with van der Waals surface area (Å²) in [6.45, 7) is 7.12. The first-order valence-corrected chi connectivity index (χ1v) is 11.3. The van der Waals surface area contributed by atoms with Gasteiger partial charge in [0.2, 0.25) is 0 Å². The minimum atomic E-state index is -0.956. The molecule has 0 aliphatic carbocycles. The van der Waals surface area contributed by atoms with Crippen molar-refractivity contribution in [2.24, 2.45) is 5.10 Å². The number of rotatable bonds is 8. The second-order valence-corrected chi connectivity index (χ2v) is 8.55. The largest absolute Gasteiger partial charge is 0.478 e. The van der Waals surface area contributed by atoms with Crippen LogP contribution in [0.1, 0.15) is 45.0 Å². The van der Waals surface area contributed by atoms with Gasteiger partial charge >= 0.3 is 5.97 Å². The van der Waals surface area contributed by atoms with Crippen LogP contribution in [0.4, 0.5) is 5.69 Å². The standard InChI is InChI=1S/C23H23BrN4O6/c1-5-33-23(30)14(4)34-20-9-7-17(28(31)32)10-15(20)12-25-27-21(13(2)3)26-19-8-6-16(24)11-18(19)22(27)29/h6-14H,5H2,1-4H3/t14-/m0/s1. The van der Waals surface area contributed by atoms with Crippen LogP contribution in [-0.4, -0.2) is 39.5 Å². The molecule has 1 heterocycles. The molecule has 0 fully saturated rings. The quantitative estimate of drug-likeness (QED) is 0.183. The maximum absolute atomic E-state index is 13.2. The van der Waals surface area contributed by atoms with Crippen molar-refractivity contribution < 1.29 is 19.2 Å². The normalized spacial score (nSPS) is 12.3. The van der Waals surface area contributed by atoms with Gasteiger partial charge in [-0.1, -0.05) is 29.8 Å². The van der Waals surface area contributed by atoms with E-state index in [1.165, 1.54) is 31.3 Å². The van der Waals surface area contributed by atoms with Crippen LogP contribution in [0.25, 0.3) is 10.9 Å². The van der Waals surface area contributed by atoms with Gasteiger partial charge in [-0.05, 0) is 38.1 Å². The number of carbonyl (C=O) groups excluding carboxylic acids is 1. The van der Waals surface area contributed by atoms with Gasteiger partial charge in [0.15, 0.2) is 6.10 Å². The van der Waals surface area contributed by atoms with Crippen LogP contribution in [0, 0.1) is 10.1 Å². The minimum Gasteiger partial charge on any atom is -0.478 e. The van der Waals surface area contributed by atoms with E-state index < -0.39 is 17.0 Å². The summed E-state index contributed by atoms with van der Waals surface area (Å²) in [7, 11) is 0. The van der Waals surface area contributed by atoms with Gasteiger partial charge in [0.1, 0.15) is 11.6 Å². The summed E-state index contributed by atoms with van der Waals surface area (Å²) >= 11 is 3.36. The monoisotopic (exact) mass is 530 g/mol. The number of hydrogen-bond donors (Lipinski definition) is 0. The summed E-state index contributed by atoms with van der Waals surface area (Å²) in [5.41, 5.74) is 0.154. The lowest BCUT2D eigenvalue weighted by molar-refractivity contribution is -0.384. The highest BCUT2D eigenvalue weighted by Crippen LogP contribution is 2.25. The number of halogens is 1. The first-order valence-electron chi connectivity index (χ1n) is 10.5. The molecule has 2 aromatic carbocycles. The van der Waals surface area contributed by atoms with E-state index in [1.807, 2.05) is 13.8 Å². The van der Waals surface area contributed by atoms with E-state index in [1.54, 1.807) is 25.1 Å². The van der Waals surface area contributed by atoms with E-state index in [-0.39, 0.29) is 35.1 Å². The van der Waals surface area contributed by atoms with Crippen molar-refractivity contribution in [2.45, 2.75) is 39.7 Å². The molecule has 0 amide bonds. The van der Waals surface area contributed by atoms with Crippen LogP contribution in [0.2, 0.25) is 0 Å². The zero-order chi connectivity index (χ0) is 25.0. The maximum atomic E-state index is 13.2. The fraction of sp³-hybridized carbons (Fsp3) is 0.304. The average molecular weight is 531 g/mol. The molecule has 0 saturated carbocycles. The summed E-state index contributed by atoms with van der Waals surface area (Å²) in [5, 5.41) is 16.0. The van der Waals surface area contributed by atoms with Gasteiger partial charge in [0.05, 0.1) is 28.6 Å². The molecule has 0 bridgehead atoms. The molecule has 3 aromatic rings. The number of esters is 1. The van der Waals surface area contributed by atoms with Crippen molar-refractivity contribution in [1.29, 1.82) is 0 Å². The Morgan fingerprint density at radius 3 is 2.65 bits per heavy atom. The zero-order valence-corrected chi connectivity index (χ0v) is 20.6. The van der Waals surface area contributed by atoms with E-state index in [0.717, 1.165) is 4.68 Å². The molecule has 0 radical (unpaired) electrons. The smallest absolute Gasteiger partial charge is 0.347 e. The number of nitro groups is 1. The number of aromatic nitrogens is 2. The lowest BCUT2D eigenvalue weighted by Gasteiger charge is -2.15. The lowest BCUT2D eigenvalue weighted by Crippen LogP contribution is -2.26. The van der Waals surface area contributed by atoms with Crippen LogP contribution in [0.3, 0.4) is 0 Å². The molecule has 0 unspecified atom stereocenters. The van der Waals surface area contributed by atoms with Crippen LogP contribution in [0.5, 0.6) is 5.75 Å². The fourth-order valence-corrected chi connectivity index (χ4v) is 3.49. The Bertz CT molecular complexity index is 1340. The van der Waals surface area contributed by atoms with Crippen LogP contribution in [-0.2, 0) is 9.53 Å². The molecule has 3 rings (SSSR count). The predicted octanol–water partition coefficient (Wildman–Crippen LogP) is 4.40. The third kappa shape index (κ3) is 5.48. The summed E-state index contributed by atoms with van der Waals surface area (Å²) in [6.07, 6.45) is 0.320. The van der Waals surface area contributed by atoms with E-state index in [9.17, 15) is 19.7 Å². The van der Waals surface area contributed by atoms with Gasteiger partial charge in [-0.15, -0.1) is 0 Å². The molecule has 11 heteroatoms. The highest BCUT2D eigenvalue weighted by Gasteiger charge is 2.19. The molecule has 178 valence electrons. The van der Waals surface area contributed by atoms with Crippen molar-refractivity contribution in [3.05, 3.63) is 72.7 Å². The van der Waals surface area contributed by atoms with Crippen molar-refractivity contribution in [1.82, 2.24) is 9.66 Å². The molecule has 10 nitrogen and oxygen atoms in total. The van der Waals surface area contributed by atoms with Crippen LogP contribution >= 0.6 is 15.9 Å². The second-order valence-electron chi connectivity index (χ2n) is 7.64. The number of non-ortho nitro benzene ring substituents is 1. The highest BCUT2D eigenvalue weighted by atomic mass is 79.9. The third-order valence-electron chi connectivity index (χ3n) is 4.79. The van der Waals surface area contributed by atoms with Crippen LogP contribution < -0.4 is 10.3 Å². The number of benzene rings is 2. The molecule has 34 heavy (non-hydrogen) atoms. The Hall–Kier alpha value is -3.60. The Morgan fingerprint density at radius 2 is 2.00 bits per heavy atom. The lowest BCUT2D eigenvalue weighted by atomic mass is 10.2. The molecular formula is C23H23BrN4O6. The predicted molar refractivity (Wildman–Crippen MR) is 131 cm³/mol. The van der Waals surface area contributed by atoms with E-state index in [0.29, 0.717) is 21.2 Å². The summed E-state index contributed by atoms with van der Waals surface area (Å²) in [4.78, 5) is 40.5. The first kappa shape index (κ1) is 25.0. The molecule has 0 aliphatic heterocycles. The van der Waals surface area contributed by atoms with E-state index in [4.69, 9.17) is 9.47 Å². The van der Waals surface area contributed by atoms with Gasteiger partial charge in [0.25, 0.3) is 11.2 Å². The molecule has 0 saturated heterocycles. The molecule has 1 atom stereocenters. The number of carbonyl (C=O) groups is 1.